The zero-order chi connectivity index (χ0) is 19.8. The van der Waals surface area contributed by atoms with Gasteiger partial charge in [-0.2, -0.15) is 0 Å². The average molecular weight is 400 g/mol. The van der Waals surface area contributed by atoms with Gasteiger partial charge in [-0.3, -0.25) is 4.79 Å². The van der Waals surface area contributed by atoms with Crippen LogP contribution in [0.25, 0.3) is 27.1 Å². The Hall–Kier alpha value is -3.71. The highest BCUT2D eigenvalue weighted by Gasteiger charge is 2.16. The minimum atomic E-state index is -0.267. The van der Waals surface area contributed by atoms with Gasteiger partial charge in [0.1, 0.15) is 11.4 Å². The van der Waals surface area contributed by atoms with Crippen molar-refractivity contribution < 1.29 is 9.53 Å². The van der Waals surface area contributed by atoms with Crippen LogP contribution in [0.4, 0.5) is 5.69 Å². The van der Waals surface area contributed by atoms with E-state index in [1.165, 1.54) is 11.3 Å². The van der Waals surface area contributed by atoms with Gasteiger partial charge in [-0.1, -0.05) is 18.2 Å². The SMILES string of the molecule is COc1ccc(-c2cn3ccccc3n2)cc1NC(=O)c1nc2ccccc2s1. The number of amides is 1. The monoisotopic (exact) mass is 400 g/mol. The summed E-state index contributed by atoms with van der Waals surface area (Å²) in [5, 5.41) is 3.34. The first-order chi connectivity index (χ1) is 14.2. The van der Waals surface area contributed by atoms with Crippen molar-refractivity contribution in [3.63, 3.8) is 0 Å². The predicted molar refractivity (Wildman–Crippen MR) is 115 cm³/mol. The number of methoxy groups -OCH3 is 1. The van der Waals surface area contributed by atoms with E-state index in [0.717, 1.165) is 27.1 Å². The highest BCUT2D eigenvalue weighted by atomic mass is 32.1. The van der Waals surface area contributed by atoms with Gasteiger partial charge in [-0.15, -0.1) is 11.3 Å². The van der Waals surface area contributed by atoms with Crippen molar-refractivity contribution >= 4 is 38.8 Å². The second-order valence-corrected chi connectivity index (χ2v) is 7.48. The molecule has 3 heterocycles. The molecular weight excluding hydrogens is 384 g/mol. The Balaban J connectivity index is 1.49. The summed E-state index contributed by atoms with van der Waals surface area (Å²) in [6, 6.07) is 19.2. The highest BCUT2D eigenvalue weighted by Crippen LogP contribution is 2.31. The summed E-state index contributed by atoms with van der Waals surface area (Å²) < 4.78 is 8.37. The molecule has 1 N–H and O–H groups in total. The topological polar surface area (TPSA) is 68.5 Å². The number of rotatable bonds is 4. The molecule has 6 nitrogen and oxygen atoms in total. The number of hydrogen-bond donors (Lipinski definition) is 1. The van der Waals surface area contributed by atoms with E-state index in [1.54, 1.807) is 7.11 Å². The Bertz CT molecular complexity index is 1290. The van der Waals surface area contributed by atoms with Crippen LogP contribution in [0.2, 0.25) is 0 Å². The minimum absolute atomic E-state index is 0.267. The largest absolute Gasteiger partial charge is 0.495 e. The molecule has 2 aromatic carbocycles. The molecule has 0 atom stereocenters. The molecule has 1 amide bonds. The van der Waals surface area contributed by atoms with E-state index in [1.807, 2.05) is 77.5 Å². The molecule has 0 aliphatic heterocycles. The number of imidazole rings is 1. The Morgan fingerprint density at radius 2 is 1.93 bits per heavy atom. The zero-order valence-corrected chi connectivity index (χ0v) is 16.3. The maximum atomic E-state index is 12.8. The number of hydrogen-bond acceptors (Lipinski definition) is 5. The molecule has 29 heavy (non-hydrogen) atoms. The van der Waals surface area contributed by atoms with E-state index in [0.29, 0.717) is 16.4 Å². The number of para-hydroxylation sites is 1. The number of anilines is 1. The third-order valence-electron chi connectivity index (χ3n) is 4.60. The lowest BCUT2D eigenvalue weighted by Crippen LogP contribution is -2.12. The van der Waals surface area contributed by atoms with Crippen LogP contribution in [0.1, 0.15) is 9.80 Å². The van der Waals surface area contributed by atoms with E-state index in [-0.39, 0.29) is 5.91 Å². The maximum Gasteiger partial charge on any atom is 0.284 e. The number of nitrogens with zero attached hydrogens (tertiary/aromatic N) is 3. The van der Waals surface area contributed by atoms with Crippen molar-refractivity contribution in [3.8, 4) is 17.0 Å². The van der Waals surface area contributed by atoms with Gasteiger partial charge in [0.05, 0.1) is 28.7 Å². The molecule has 5 rings (SSSR count). The zero-order valence-electron chi connectivity index (χ0n) is 15.5. The average Bonchev–Trinajstić information content (AvgIpc) is 3.38. The van der Waals surface area contributed by atoms with E-state index in [9.17, 15) is 4.79 Å². The summed E-state index contributed by atoms with van der Waals surface area (Å²) in [4.78, 5) is 21.9. The lowest BCUT2D eigenvalue weighted by molar-refractivity contribution is 0.102. The standard InChI is InChI=1S/C22H16N4O2S/c1-28-18-10-9-14(17-13-26-11-5-4-8-20(26)23-17)12-16(18)24-21(27)22-25-15-6-2-3-7-19(15)29-22/h2-13H,1H3,(H,24,27). The summed E-state index contributed by atoms with van der Waals surface area (Å²) >= 11 is 1.36. The Morgan fingerprint density at radius 1 is 1.07 bits per heavy atom. The number of aromatic nitrogens is 3. The Labute approximate surface area is 170 Å². The van der Waals surface area contributed by atoms with Gasteiger partial charge in [0.15, 0.2) is 5.01 Å². The Morgan fingerprint density at radius 3 is 2.76 bits per heavy atom. The van der Waals surface area contributed by atoms with Crippen LogP contribution in [0.5, 0.6) is 5.75 Å². The molecular formula is C22H16N4O2S. The maximum absolute atomic E-state index is 12.8. The molecule has 0 spiro atoms. The van der Waals surface area contributed by atoms with Crippen LogP contribution < -0.4 is 10.1 Å². The van der Waals surface area contributed by atoms with Crippen LogP contribution in [0.15, 0.2) is 73.1 Å². The van der Waals surface area contributed by atoms with Crippen molar-refractivity contribution in [2.24, 2.45) is 0 Å². The van der Waals surface area contributed by atoms with Crippen molar-refractivity contribution in [2.45, 2.75) is 0 Å². The van der Waals surface area contributed by atoms with Crippen LogP contribution in [-0.4, -0.2) is 27.4 Å². The predicted octanol–water partition coefficient (Wildman–Crippen LogP) is 4.87. The van der Waals surface area contributed by atoms with Crippen molar-refractivity contribution in [3.05, 3.63) is 78.1 Å². The second kappa shape index (κ2) is 7.03. The van der Waals surface area contributed by atoms with Crippen molar-refractivity contribution in [1.29, 1.82) is 0 Å². The Kier molecular flexibility index (Phi) is 4.22. The van der Waals surface area contributed by atoms with E-state index < -0.39 is 0 Å². The number of ether oxygens (including phenoxy) is 1. The van der Waals surface area contributed by atoms with Gasteiger partial charge in [0, 0.05) is 18.0 Å². The van der Waals surface area contributed by atoms with Crippen LogP contribution in [0, 0.1) is 0 Å². The van der Waals surface area contributed by atoms with E-state index in [2.05, 4.69) is 15.3 Å². The number of carbonyl (C=O) groups is 1. The van der Waals surface area contributed by atoms with Crippen LogP contribution in [0.3, 0.4) is 0 Å². The lowest BCUT2D eigenvalue weighted by Gasteiger charge is -2.10. The number of thiazole rings is 1. The van der Waals surface area contributed by atoms with E-state index >= 15 is 0 Å². The molecule has 0 aliphatic carbocycles. The van der Waals surface area contributed by atoms with Gasteiger partial charge < -0.3 is 14.5 Å². The van der Waals surface area contributed by atoms with Gasteiger partial charge >= 0.3 is 0 Å². The van der Waals surface area contributed by atoms with Gasteiger partial charge in [-0.05, 0) is 42.5 Å². The molecule has 0 saturated heterocycles. The first-order valence-corrected chi connectivity index (χ1v) is 9.82. The van der Waals surface area contributed by atoms with Crippen molar-refractivity contribution in [1.82, 2.24) is 14.4 Å². The normalized spacial score (nSPS) is 11.1. The van der Waals surface area contributed by atoms with Gasteiger partial charge in [-0.25, -0.2) is 9.97 Å². The molecule has 142 valence electrons. The second-order valence-electron chi connectivity index (χ2n) is 6.45. The third-order valence-corrected chi connectivity index (χ3v) is 5.63. The highest BCUT2D eigenvalue weighted by molar-refractivity contribution is 7.20. The summed E-state index contributed by atoms with van der Waals surface area (Å²) in [5.74, 6) is 0.309. The number of pyridine rings is 1. The summed E-state index contributed by atoms with van der Waals surface area (Å²) in [6.45, 7) is 0. The fraction of sp³-hybridized carbons (Fsp3) is 0.0455. The van der Waals surface area contributed by atoms with Gasteiger partial charge in [0.2, 0.25) is 0 Å². The third kappa shape index (κ3) is 3.21. The molecule has 0 fully saturated rings. The number of fused-ring (bicyclic) bond motifs is 2. The molecule has 0 bridgehead atoms. The van der Waals surface area contributed by atoms with Crippen molar-refractivity contribution in [2.75, 3.05) is 12.4 Å². The molecule has 3 aromatic heterocycles. The summed E-state index contributed by atoms with van der Waals surface area (Å²) in [7, 11) is 1.58. The lowest BCUT2D eigenvalue weighted by atomic mass is 10.1. The molecule has 0 saturated carbocycles. The molecule has 7 heteroatoms. The fourth-order valence-corrected chi connectivity index (χ4v) is 4.04. The van der Waals surface area contributed by atoms with E-state index in [4.69, 9.17) is 4.74 Å². The smallest absolute Gasteiger partial charge is 0.284 e. The van der Waals surface area contributed by atoms with Gasteiger partial charge in [0.25, 0.3) is 5.91 Å². The minimum Gasteiger partial charge on any atom is -0.495 e. The molecule has 0 aliphatic rings. The first kappa shape index (κ1) is 17.4. The number of nitrogens with one attached hydrogen (secondary N) is 1. The quantitative estimate of drug-likeness (QED) is 0.467. The first-order valence-electron chi connectivity index (χ1n) is 9.00. The summed E-state index contributed by atoms with van der Waals surface area (Å²) in [6.07, 6.45) is 3.90. The molecule has 0 unspecified atom stereocenters. The molecule has 0 radical (unpaired) electrons. The van der Waals surface area contributed by atoms with Crippen LogP contribution >= 0.6 is 11.3 Å². The van der Waals surface area contributed by atoms with Crippen LogP contribution in [-0.2, 0) is 0 Å². The summed E-state index contributed by atoms with van der Waals surface area (Å²) in [5.41, 5.74) is 3.95. The number of carbonyl (C=O) groups excluding carboxylic acids is 1. The molecule has 5 aromatic rings. The fourth-order valence-electron chi connectivity index (χ4n) is 3.18. The number of benzene rings is 2.